The average molecular weight is 718 g/mol. The van der Waals surface area contributed by atoms with Crippen LogP contribution in [-0.4, -0.2) is 61.5 Å². The van der Waals surface area contributed by atoms with Gasteiger partial charge in [0.1, 0.15) is 0 Å². The van der Waals surface area contributed by atoms with Gasteiger partial charge in [-0.05, 0) is 11.1 Å². The van der Waals surface area contributed by atoms with Crippen LogP contribution < -0.4 is 20.8 Å². The molecule has 2 aromatic carbocycles. The Labute approximate surface area is 270 Å². The number of para-hydroxylation sites is 2. The number of benzene rings is 2. The molecule has 0 aliphatic heterocycles. The number of hydrogen-bond acceptors (Lipinski definition) is 14. The van der Waals surface area contributed by atoms with E-state index in [9.17, 15) is 36.6 Å². The summed E-state index contributed by atoms with van der Waals surface area (Å²) in [5.74, 6) is -1.46. The van der Waals surface area contributed by atoms with E-state index in [0.29, 0.717) is 22.7 Å². The van der Waals surface area contributed by atoms with Crippen LogP contribution in [0.25, 0.3) is 0 Å². The zero-order valence-corrected chi connectivity index (χ0v) is 26.9. The van der Waals surface area contributed by atoms with Crippen LogP contribution in [0.5, 0.6) is 11.5 Å². The molecule has 2 aromatic heterocycles. The molecule has 0 bridgehead atoms. The van der Waals surface area contributed by atoms with Gasteiger partial charge in [-0.15, -0.1) is 31.9 Å². The van der Waals surface area contributed by atoms with Gasteiger partial charge in [-0.25, -0.2) is 0 Å². The number of nitrogens with one attached hydrogen (secondary N) is 2. The molecule has 4 rings (SSSR count). The molecule has 17 nitrogen and oxygen atoms in total. The topological polar surface area (TPSA) is 277 Å². The number of nitrogens with zero attached hydrogens (tertiary/aromatic N) is 6. The Morgan fingerprint density at radius 1 is 0.705 bits per heavy atom. The molecule has 0 spiro atoms. The molecule has 0 atom stereocenters. The van der Waals surface area contributed by atoms with Gasteiger partial charge < -0.3 is 26.3 Å². The minimum atomic E-state index is -4.07. The molecule has 44 heavy (non-hydrogen) atoms. The predicted octanol–water partition coefficient (Wildman–Crippen LogP) is 0.635. The maximum absolute atomic E-state index is 11.9. The van der Waals surface area contributed by atoms with Crippen LogP contribution in [-0.2, 0) is 53.7 Å². The first-order valence-electron chi connectivity index (χ1n) is 11.1. The summed E-state index contributed by atoms with van der Waals surface area (Å²) in [7, 11) is -8.13. The van der Waals surface area contributed by atoms with Gasteiger partial charge in [0.05, 0.1) is 0 Å². The van der Waals surface area contributed by atoms with E-state index in [1.807, 2.05) is 0 Å². The Morgan fingerprint density at radius 3 is 1.36 bits per heavy atom. The van der Waals surface area contributed by atoms with E-state index in [0.717, 1.165) is 12.4 Å². The molecular weight excluding hydrogens is 700 g/mol. The zero-order chi connectivity index (χ0) is 30.9. The molecule has 0 aliphatic rings. The summed E-state index contributed by atoms with van der Waals surface area (Å²) < 4.78 is 53.7. The second kappa shape index (κ2) is 16.7. The number of sulfonamides is 2. The smallest absolute Gasteiger partial charge is 2.00 e. The third-order valence-corrected chi connectivity index (χ3v) is 9.16. The first-order valence-corrected chi connectivity index (χ1v) is 15.6. The first-order chi connectivity index (χ1) is 19.8. The number of hydrogen-bond donors (Lipinski definition) is 2. The van der Waals surface area contributed by atoms with Gasteiger partial charge in [-0.3, -0.25) is 9.59 Å². The molecule has 22 heteroatoms. The Kier molecular flexibility index (Phi) is 14.4. The molecule has 2 heterocycles. The van der Waals surface area contributed by atoms with Gasteiger partial charge in [-0.1, -0.05) is 71.2 Å². The maximum Gasteiger partial charge on any atom is 4.00 e. The molecule has 2 N–H and O–H groups in total. The fourth-order valence-corrected chi connectivity index (χ4v) is 6.14. The summed E-state index contributed by atoms with van der Waals surface area (Å²) in [4.78, 5) is 21.7. The number of amides is 2. The third-order valence-electron chi connectivity index (χ3n) is 4.32. The van der Waals surface area contributed by atoms with Gasteiger partial charge in [-0.2, -0.15) is 25.6 Å². The van der Waals surface area contributed by atoms with Crippen molar-refractivity contribution in [1.82, 2.24) is 20.4 Å². The number of rotatable bonds is 8. The van der Waals surface area contributed by atoms with Crippen molar-refractivity contribution in [1.29, 1.82) is 0 Å². The Bertz CT molecular complexity index is 1740. The summed E-state index contributed by atoms with van der Waals surface area (Å²) >= 11 is 1.35. The van der Waals surface area contributed by atoms with E-state index in [1.54, 1.807) is 24.3 Å². The fraction of sp³-hybridized carbons (Fsp3) is 0.0909. The van der Waals surface area contributed by atoms with Crippen LogP contribution in [0, 0.1) is 0 Å². The minimum absolute atomic E-state index is 0. The van der Waals surface area contributed by atoms with E-state index < -0.39 is 20.0 Å². The molecule has 0 saturated heterocycles. The van der Waals surface area contributed by atoms with Gasteiger partial charge in [0.2, 0.25) is 22.1 Å². The van der Waals surface area contributed by atoms with Crippen molar-refractivity contribution in [2.24, 2.45) is 8.80 Å². The molecule has 229 valence electrons. The third kappa shape index (κ3) is 11.2. The molecule has 2 amide bonds. The van der Waals surface area contributed by atoms with Gasteiger partial charge in [0.25, 0.3) is 8.68 Å². The average Bonchev–Trinajstić information content (AvgIpc) is 3.58. The summed E-state index contributed by atoms with van der Waals surface area (Å²) in [5, 5.41) is 41.6. The monoisotopic (exact) mass is 717 g/mol. The normalized spacial score (nSPS) is 11.1. The number of carbonyl (C=O) groups excluding carboxylic acids is 2. The molecule has 0 aliphatic carbocycles. The maximum atomic E-state index is 11.9. The van der Waals surface area contributed by atoms with E-state index >= 15 is 0 Å². The summed E-state index contributed by atoms with van der Waals surface area (Å²) in [5.41, 5.74) is 0.292. The number of carbonyl (C=O) groups is 2. The largest absolute Gasteiger partial charge is 4.00 e. The van der Waals surface area contributed by atoms with E-state index in [4.69, 9.17) is 0 Å². The van der Waals surface area contributed by atoms with Gasteiger partial charge >= 0.3 is 38.6 Å². The van der Waals surface area contributed by atoms with Crippen molar-refractivity contribution in [2.45, 2.75) is 22.5 Å². The van der Waals surface area contributed by atoms with Crippen molar-refractivity contribution in [3.63, 3.8) is 0 Å². The quantitative estimate of drug-likeness (QED) is 0.188. The Morgan fingerprint density at radius 2 is 1.05 bits per heavy atom. The first kappa shape index (κ1) is 37.9. The van der Waals surface area contributed by atoms with Crippen molar-refractivity contribution in [3.8, 4) is 11.5 Å². The number of anilines is 2. The molecule has 4 aromatic rings. The Balaban J connectivity index is 0.000000421. The second-order valence-electron chi connectivity index (χ2n) is 7.60. The van der Waals surface area contributed by atoms with Crippen LogP contribution in [0.1, 0.15) is 25.0 Å². The van der Waals surface area contributed by atoms with Crippen LogP contribution in [0.3, 0.4) is 0 Å². The molecule has 0 saturated carbocycles. The predicted molar refractivity (Wildman–Crippen MR) is 150 cm³/mol. The standard InChI is InChI=1S/2C11H10N4O4S2.O.V/c2*1-7(16)13-10-14-15-11(20-10)21(18,19)12-6-8-4-2-3-5-9(8)17;;/h2*2-6,17H,1H3,(H,13,14,16);;/q;;-2;+4/p-2/b2*12-6+;;. The number of aromatic nitrogens is 4. The van der Waals surface area contributed by atoms with Crippen LogP contribution >= 0.6 is 22.7 Å². The van der Waals surface area contributed by atoms with E-state index in [-0.39, 0.29) is 77.4 Å². The second-order valence-corrected chi connectivity index (χ2v) is 13.2. The molecule has 0 unspecified atom stereocenters. The van der Waals surface area contributed by atoms with E-state index in [2.05, 4.69) is 39.8 Å². The SMILES string of the molecule is CC(=O)Nc1nnc(S(=O)(=O)/N=C/c2ccccc2[O-])s1.CC(=O)Nc1nnc(S(=O)(=O)/N=C/c2ccccc2[O-])s1.[O-2].[V+4]. The van der Waals surface area contributed by atoms with Crippen molar-refractivity contribution in [2.75, 3.05) is 10.6 Å². The van der Waals surface area contributed by atoms with Crippen molar-refractivity contribution >= 4 is 77.2 Å². The summed E-state index contributed by atoms with van der Waals surface area (Å²) in [6.07, 6.45) is 1.91. The van der Waals surface area contributed by atoms with E-state index in [1.165, 1.54) is 38.1 Å². The van der Waals surface area contributed by atoms with Crippen LogP contribution in [0.4, 0.5) is 10.3 Å². The van der Waals surface area contributed by atoms with Crippen LogP contribution in [0.15, 0.2) is 66.0 Å². The molecule has 1 radical (unpaired) electrons. The van der Waals surface area contributed by atoms with Crippen molar-refractivity contribution < 1.29 is 60.7 Å². The fourth-order valence-electron chi connectivity index (χ4n) is 2.55. The summed E-state index contributed by atoms with van der Waals surface area (Å²) in [6, 6.07) is 11.8. The van der Waals surface area contributed by atoms with Gasteiger partial charge in [0, 0.05) is 26.3 Å². The van der Waals surface area contributed by atoms with Crippen LogP contribution in [0.2, 0.25) is 0 Å². The zero-order valence-electron chi connectivity index (χ0n) is 22.2. The minimum Gasteiger partial charge on any atom is -2.00 e. The molecule has 0 fully saturated rings. The van der Waals surface area contributed by atoms with Gasteiger partial charge in [0.15, 0.2) is 0 Å². The molecular formula is C22H18N8O9S4V. The Hall–Kier alpha value is -4.12. The van der Waals surface area contributed by atoms with Crippen molar-refractivity contribution in [3.05, 3.63) is 59.7 Å². The summed E-state index contributed by atoms with van der Waals surface area (Å²) in [6.45, 7) is 2.53.